The number of benzene rings is 2. The van der Waals surface area contributed by atoms with Crippen LogP contribution in [0.25, 0.3) is 0 Å². The molecule has 0 unspecified atom stereocenters. The second-order valence-corrected chi connectivity index (χ2v) is 5.41. The summed E-state index contributed by atoms with van der Waals surface area (Å²) in [5.74, 6) is -0.00708. The molecule has 2 heteroatoms. The molecule has 104 valence electrons. The van der Waals surface area contributed by atoms with Crippen LogP contribution in [-0.4, -0.2) is 5.78 Å². The number of rotatable bonds is 4. The number of ketones is 1. The Morgan fingerprint density at radius 3 is 2.30 bits per heavy atom. The molecule has 0 bridgehead atoms. The smallest absolute Gasteiger partial charge is 0.194 e. The third kappa shape index (κ3) is 2.94. The maximum atomic E-state index is 12.6. The monoisotopic (exact) mass is 286 g/mol. The zero-order valence-corrected chi connectivity index (χ0v) is 12.9. The van der Waals surface area contributed by atoms with E-state index in [1.165, 1.54) is 11.1 Å². The van der Waals surface area contributed by atoms with Crippen molar-refractivity contribution in [2.24, 2.45) is 0 Å². The first-order valence-electron chi connectivity index (χ1n) is 6.99. The highest BCUT2D eigenvalue weighted by molar-refractivity contribution is 6.35. The van der Waals surface area contributed by atoms with Crippen LogP contribution < -0.4 is 0 Å². The van der Waals surface area contributed by atoms with Gasteiger partial charge in [-0.15, -0.1) is 0 Å². The van der Waals surface area contributed by atoms with Crippen LogP contribution in [0.15, 0.2) is 36.4 Å². The molecule has 0 aliphatic carbocycles. The van der Waals surface area contributed by atoms with Crippen molar-refractivity contribution in [2.45, 2.75) is 33.6 Å². The molecule has 0 saturated carbocycles. The Hall–Kier alpha value is -1.60. The molecular weight excluding hydrogens is 268 g/mol. The molecule has 0 N–H and O–H groups in total. The lowest BCUT2D eigenvalue weighted by Crippen LogP contribution is -2.04. The molecule has 0 aliphatic rings. The quantitative estimate of drug-likeness (QED) is 0.723. The number of carbonyl (C=O) groups excluding carboxylic acids is 1. The molecule has 1 nitrogen and oxygen atoms in total. The summed E-state index contributed by atoms with van der Waals surface area (Å²) in [7, 11) is 0. The molecule has 0 heterocycles. The van der Waals surface area contributed by atoms with E-state index in [9.17, 15) is 4.79 Å². The highest BCUT2D eigenvalue weighted by Gasteiger charge is 2.14. The van der Waals surface area contributed by atoms with Gasteiger partial charge in [-0.25, -0.2) is 0 Å². The number of hydrogen-bond acceptors (Lipinski definition) is 1. The van der Waals surface area contributed by atoms with Gasteiger partial charge >= 0.3 is 0 Å². The minimum Gasteiger partial charge on any atom is -0.289 e. The Kier molecular flexibility index (Phi) is 4.61. The minimum absolute atomic E-state index is 0.00708. The van der Waals surface area contributed by atoms with Crippen molar-refractivity contribution in [1.82, 2.24) is 0 Å². The fourth-order valence-corrected chi connectivity index (χ4v) is 2.72. The van der Waals surface area contributed by atoms with Gasteiger partial charge in [0.15, 0.2) is 5.78 Å². The van der Waals surface area contributed by atoms with E-state index in [2.05, 4.69) is 13.8 Å². The molecular formula is C18H19ClO. The highest BCUT2D eigenvalue weighted by atomic mass is 35.5. The van der Waals surface area contributed by atoms with Crippen molar-refractivity contribution in [2.75, 3.05) is 0 Å². The Morgan fingerprint density at radius 1 is 1.00 bits per heavy atom. The van der Waals surface area contributed by atoms with Gasteiger partial charge in [-0.1, -0.05) is 43.6 Å². The molecule has 2 aromatic rings. The zero-order chi connectivity index (χ0) is 14.7. The summed E-state index contributed by atoms with van der Waals surface area (Å²) in [5, 5.41) is 0.521. The van der Waals surface area contributed by atoms with Gasteiger partial charge in [-0.2, -0.15) is 0 Å². The van der Waals surface area contributed by atoms with E-state index in [-0.39, 0.29) is 5.78 Å². The van der Waals surface area contributed by atoms with Gasteiger partial charge in [-0.05, 0) is 54.7 Å². The van der Waals surface area contributed by atoms with E-state index < -0.39 is 0 Å². The van der Waals surface area contributed by atoms with E-state index in [1.54, 1.807) is 6.07 Å². The van der Waals surface area contributed by atoms with Gasteiger partial charge in [0.05, 0.1) is 5.02 Å². The molecule has 0 amide bonds. The first-order chi connectivity index (χ1) is 9.56. The van der Waals surface area contributed by atoms with Crippen LogP contribution in [-0.2, 0) is 12.8 Å². The molecule has 2 rings (SSSR count). The standard InChI is InChI=1S/C18H19ClO/c1-4-13-7-8-15(11-14(13)5-2)18(20)16-9-6-12(3)10-17(16)19/h6-11H,4-5H2,1-3H3. The molecule has 0 spiro atoms. The summed E-state index contributed by atoms with van der Waals surface area (Å²) in [6.07, 6.45) is 1.93. The second kappa shape index (κ2) is 6.23. The van der Waals surface area contributed by atoms with E-state index in [4.69, 9.17) is 11.6 Å². The third-order valence-corrected chi connectivity index (χ3v) is 3.91. The molecule has 0 atom stereocenters. The van der Waals surface area contributed by atoms with Gasteiger partial charge in [-0.3, -0.25) is 4.79 Å². The number of halogens is 1. The van der Waals surface area contributed by atoms with E-state index >= 15 is 0 Å². The summed E-state index contributed by atoms with van der Waals surface area (Å²) in [6.45, 7) is 6.21. The predicted octanol–water partition coefficient (Wildman–Crippen LogP) is 5.00. The molecule has 0 aliphatic heterocycles. The predicted molar refractivity (Wildman–Crippen MR) is 84.8 cm³/mol. The van der Waals surface area contributed by atoms with E-state index in [1.807, 2.05) is 37.3 Å². The Balaban J connectivity index is 2.43. The maximum Gasteiger partial charge on any atom is 0.194 e. The first kappa shape index (κ1) is 14.8. The molecule has 0 fully saturated rings. The van der Waals surface area contributed by atoms with Crippen molar-refractivity contribution >= 4 is 17.4 Å². The Bertz CT molecular complexity index is 644. The van der Waals surface area contributed by atoms with Gasteiger partial charge in [0.25, 0.3) is 0 Å². The van der Waals surface area contributed by atoms with Gasteiger partial charge in [0.1, 0.15) is 0 Å². The van der Waals surface area contributed by atoms with Crippen molar-refractivity contribution in [3.8, 4) is 0 Å². The summed E-state index contributed by atoms with van der Waals surface area (Å²) >= 11 is 6.19. The van der Waals surface area contributed by atoms with Crippen molar-refractivity contribution in [3.05, 3.63) is 69.2 Å². The van der Waals surface area contributed by atoms with Crippen LogP contribution in [0.2, 0.25) is 5.02 Å². The summed E-state index contributed by atoms with van der Waals surface area (Å²) in [6, 6.07) is 11.5. The number of carbonyl (C=O) groups is 1. The van der Waals surface area contributed by atoms with E-state index in [0.29, 0.717) is 16.1 Å². The third-order valence-electron chi connectivity index (χ3n) is 3.60. The molecule has 20 heavy (non-hydrogen) atoms. The van der Waals surface area contributed by atoms with E-state index in [0.717, 1.165) is 18.4 Å². The minimum atomic E-state index is -0.00708. The topological polar surface area (TPSA) is 17.1 Å². The molecule has 0 radical (unpaired) electrons. The first-order valence-corrected chi connectivity index (χ1v) is 7.37. The van der Waals surface area contributed by atoms with Crippen molar-refractivity contribution in [1.29, 1.82) is 0 Å². The van der Waals surface area contributed by atoms with Gasteiger partial charge in [0, 0.05) is 11.1 Å². The molecule has 0 aromatic heterocycles. The summed E-state index contributed by atoms with van der Waals surface area (Å²) < 4.78 is 0. The lowest BCUT2D eigenvalue weighted by molar-refractivity contribution is 0.103. The summed E-state index contributed by atoms with van der Waals surface area (Å²) in [4.78, 5) is 12.6. The fourth-order valence-electron chi connectivity index (χ4n) is 2.40. The maximum absolute atomic E-state index is 12.6. The van der Waals surface area contributed by atoms with Crippen LogP contribution in [0.4, 0.5) is 0 Å². The highest BCUT2D eigenvalue weighted by Crippen LogP contribution is 2.22. The van der Waals surface area contributed by atoms with Crippen LogP contribution in [0, 0.1) is 6.92 Å². The zero-order valence-electron chi connectivity index (χ0n) is 12.2. The Labute approximate surface area is 125 Å². The lowest BCUT2D eigenvalue weighted by atomic mass is 9.95. The van der Waals surface area contributed by atoms with Crippen LogP contribution >= 0.6 is 11.6 Å². The van der Waals surface area contributed by atoms with Gasteiger partial charge in [0.2, 0.25) is 0 Å². The summed E-state index contributed by atoms with van der Waals surface area (Å²) in [5.41, 5.74) is 4.89. The second-order valence-electron chi connectivity index (χ2n) is 5.00. The number of aryl methyl sites for hydroxylation is 3. The normalized spacial score (nSPS) is 10.6. The van der Waals surface area contributed by atoms with Crippen LogP contribution in [0.3, 0.4) is 0 Å². The fraction of sp³-hybridized carbons (Fsp3) is 0.278. The molecule has 0 saturated heterocycles. The van der Waals surface area contributed by atoms with Crippen molar-refractivity contribution < 1.29 is 4.79 Å². The lowest BCUT2D eigenvalue weighted by Gasteiger charge is -2.09. The van der Waals surface area contributed by atoms with Crippen molar-refractivity contribution in [3.63, 3.8) is 0 Å². The Morgan fingerprint density at radius 2 is 1.70 bits per heavy atom. The average molecular weight is 287 g/mol. The number of hydrogen-bond donors (Lipinski definition) is 0. The molecule has 2 aromatic carbocycles. The van der Waals surface area contributed by atoms with Gasteiger partial charge < -0.3 is 0 Å². The van der Waals surface area contributed by atoms with Crippen LogP contribution in [0.1, 0.15) is 46.5 Å². The van der Waals surface area contributed by atoms with Crippen LogP contribution in [0.5, 0.6) is 0 Å². The average Bonchev–Trinajstić information content (AvgIpc) is 2.45. The SMILES string of the molecule is CCc1ccc(C(=O)c2ccc(C)cc2Cl)cc1CC. The largest absolute Gasteiger partial charge is 0.289 e.